The van der Waals surface area contributed by atoms with Crippen LogP contribution in [0.25, 0.3) is 5.69 Å². The second-order valence-electron chi connectivity index (χ2n) is 6.39. The van der Waals surface area contributed by atoms with Crippen LogP contribution in [-0.2, 0) is 0 Å². The normalized spacial score (nSPS) is 10.9. The van der Waals surface area contributed by atoms with Crippen molar-refractivity contribution in [1.29, 1.82) is 5.26 Å². The zero-order chi connectivity index (χ0) is 19.2. The highest BCUT2D eigenvalue weighted by Crippen LogP contribution is 2.27. The maximum atomic E-state index is 8.88. The number of aryl methyl sites for hydroxylation is 1. The van der Waals surface area contributed by atoms with Gasteiger partial charge in [0.1, 0.15) is 5.75 Å². The third-order valence-electron chi connectivity index (χ3n) is 3.82. The van der Waals surface area contributed by atoms with Crippen LogP contribution in [0.1, 0.15) is 25.0 Å². The smallest absolute Gasteiger partial charge is 0.238 e. The summed E-state index contributed by atoms with van der Waals surface area (Å²) in [6, 6.07) is 17.2. The minimum Gasteiger partial charge on any atom is -0.437 e. The summed E-state index contributed by atoms with van der Waals surface area (Å²) in [5.74, 6) is 1.23. The van der Waals surface area contributed by atoms with Crippen LogP contribution < -0.4 is 10.1 Å². The van der Waals surface area contributed by atoms with E-state index in [0.29, 0.717) is 17.5 Å². The van der Waals surface area contributed by atoms with Crippen LogP contribution in [0.5, 0.6) is 11.6 Å². The highest BCUT2D eigenvalue weighted by atomic mass is 16.5. The van der Waals surface area contributed by atoms with Gasteiger partial charge >= 0.3 is 0 Å². The van der Waals surface area contributed by atoms with Crippen molar-refractivity contribution in [3.8, 4) is 23.4 Å². The van der Waals surface area contributed by atoms with Crippen molar-refractivity contribution >= 4 is 12.0 Å². The lowest BCUT2D eigenvalue weighted by molar-refractivity contribution is 0.454. The lowest BCUT2D eigenvalue weighted by Crippen LogP contribution is -2.19. The second kappa shape index (κ2) is 8.19. The third-order valence-corrected chi connectivity index (χ3v) is 3.82. The van der Waals surface area contributed by atoms with E-state index in [1.807, 2.05) is 43.5 Å². The Morgan fingerprint density at radius 3 is 2.63 bits per heavy atom. The summed E-state index contributed by atoms with van der Waals surface area (Å²) in [5.41, 5.74) is 3.31. The molecule has 0 saturated carbocycles. The van der Waals surface area contributed by atoms with E-state index in [2.05, 4.69) is 35.3 Å². The fourth-order valence-electron chi connectivity index (χ4n) is 2.40. The Morgan fingerprint density at radius 1 is 1.19 bits per heavy atom. The van der Waals surface area contributed by atoms with Gasteiger partial charge in [0.05, 0.1) is 29.3 Å². The van der Waals surface area contributed by atoms with Gasteiger partial charge in [0.15, 0.2) is 0 Å². The molecule has 0 unspecified atom stereocenters. The summed E-state index contributed by atoms with van der Waals surface area (Å²) in [6.07, 6.45) is 3.53. The van der Waals surface area contributed by atoms with E-state index in [9.17, 15) is 0 Å². The molecule has 1 aromatic heterocycles. The fraction of sp³-hybridized carbons (Fsp3) is 0.190. The zero-order valence-corrected chi connectivity index (χ0v) is 15.5. The first-order valence-corrected chi connectivity index (χ1v) is 8.68. The van der Waals surface area contributed by atoms with Gasteiger partial charge in [-0.15, -0.1) is 5.10 Å². The Morgan fingerprint density at radius 2 is 1.96 bits per heavy atom. The molecule has 6 heteroatoms. The van der Waals surface area contributed by atoms with Crippen molar-refractivity contribution in [1.82, 2.24) is 15.1 Å². The van der Waals surface area contributed by atoms with E-state index in [1.54, 1.807) is 29.2 Å². The summed E-state index contributed by atoms with van der Waals surface area (Å²) in [7, 11) is 0. The van der Waals surface area contributed by atoms with E-state index < -0.39 is 0 Å². The largest absolute Gasteiger partial charge is 0.437 e. The molecule has 2 aromatic carbocycles. The zero-order valence-electron chi connectivity index (χ0n) is 15.5. The van der Waals surface area contributed by atoms with E-state index in [4.69, 9.17) is 10.00 Å². The van der Waals surface area contributed by atoms with Crippen LogP contribution in [0.15, 0.2) is 59.7 Å². The van der Waals surface area contributed by atoms with Gasteiger partial charge in [-0.2, -0.15) is 5.26 Å². The Kier molecular flexibility index (Phi) is 5.53. The van der Waals surface area contributed by atoms with Crippen LogP contribution in [0.4, 0.5) is 5.69 Å². The van der Waals surface area contributed by atoms with Crippen LogP contribution in [0.2, 0.25) is 0 Å². The number of hydrogen-bond acceptors (Lipinski definition) is 4. The molecule has 0 radical (unpaired) electrons. The van der Waals surface area contributed by atoms with Gasteiger partial charge in [-0.05, 0) is 68.8 Å². The maximum Gasteiger partial charge on any atom is 0.238 e. The molecule has 0 saturated heterocycles. The molecule has 6 nitrogen and oxygen atoms in total. The van der Waals surface area contributed by atoms with Crippen LogP contribution in [0.3, 0.4) is 0 Å². The molecular weight excluding hydrogens is 338 g/mol. The van der Waals surface area contributed by atoms with E-state index >= 15 is 0 Å². The Hall–Kier alpha value is -3.59. The van der Waals surface area contributed by atoms with Crippen LogP contribution in [0, 0.1) is 18.3 Å². The van der Waals surface area contributed by atoms with E-state index in [-0.39, 0.29) is 0 Å². The summed E-state index contributed by atoms with van der Waals surface area (Å²) in [4.78, 5) is 4.38. The van der Waals surface area contributed by atoms with Crippen molar-refractivity contribution in [3.05, 3.63) is 65.9 Å². The molecule has 136 valence electrons. The van der Waals surface area contributed by atoms with Crippen LogP contribution >= 0.6 is 0 Å². The maximum absolute atomic E-state index is 8.88. The third kappa shape index (κ3) is 4.73. The average molecular weight is 359 g/mol. The van der Waals surface area contributed by atoms with Crippen LogP contribution in [-0.4, -0.2) is 22.2 Å². The molecular formula is C21H21N5O. The SMILES string of the molecule is Cc1cc(/N=C/NC(C)C)ccc1Oc1ccn(-c2ccc(C#N)cc2)n1. The number of aromatic nitrogens is 2. The molecule has 3 aromatic rings. The van der Waals surface area contributed by atoms with Crippen molar-refractivity contribution in [2.45, 2.75) is 26.8 Å². The molecule has 0 aliphatic heterocycles. The molecule has 1 heterocycles. The molecule has 27 heavy (non-hydrogen) atoms. The summed E-state index contributed by atoms with van der Waals surface area (Å²) < 4.78 is 7.61. The van der Waals surface area contributed by atoms with Gasteiger partial charge in [-0.1, -0.05) is 0 Å². The first-order valence-electron chi connectivity index (χ1n) is 8.68. The lowest BCUT2D eigenvalue weighted by atomic mass is 10.2. The Labute approximate surface area is 158 Å². The minimum atomic E-state index is 0.351. The molecule has 0 amide bonds. The summed E-state index contributed by atoms with van der Waals surface area (Å²) in [6.45, 7) is 6.10. The molecule has 1 N–H and O–H groups in total. The molecule has 0 bridgehead atoms. The quantitative estimate of drug-likeness (QED) is 0.519. The number of aliphatic imine (C=N–C) groups is 1. The molecule has 3 rings (SSSR count). The number of hydrogen-bond donors (Lipinski definition) is 1. The van der Waals surface area contributed by atoms with Gasteiger partial charge in [0.2, 0.25) is 5.88 Å². The topological polar surface area (TPSA) is 75.2 Å². The lowest BCUT2D eigenvalue weighted by Gasteiger charge is -2.07. The number of rotatable bonds is 6. The number of nitrogens with zero attached hydrogens (tertiary/aromatic N) is 4. The predicted octanol–water partition coefficient (Wildman–Crippen LogP) is 4.50. The molecule has 0 aliphatic rings. The van der Waals surface area contributed by atoms with Crippen molar-refractivity contribution in [2.24, 2.45) is 4.99 Å². The average Bonchev–Trinajstić information content (AvgIpc) is 3.12. The second-order valence-corrected chi connectivity index (χ2v) is 6.39. The number of ether oxygens (including phenoxy) is 1. The Balaban J connectivity index is 1.71. The number of nitrogens with one attached hydrogen (secondary N) is 1. The standard InChI is InChI=1S/C21H21N5O/c1-15(2)23-14-24-18-6-9-20(16(3)12-18)27-21-10-11-26(25-21)19-7-4-17(13-22)5-8-19/h4-12,14-15H,1-3H3,(H,23,24). The van der Waals surface area contributed by atoms with Gasteiger partial charge in [-0.25, -0.2) is 9.67 Å². The molecule has 0 aliphatic carbocycles. The predicted molar refractivity (Wildman–Crippen MR) is 106 cm³/mol. The summed E-state index contributed by atoms with van der Waals surface area (Å²) >= 11 is 0. The van der Waals surface area contributed by atoms with E-state index in [0.717, 1.165) is 22.7 Å². The first kappa shape index (κ1) is 18.2. The first-order chi connectivity index (χ1) is 13.0. The van der Waals surface area contributed by atoms with Gasteiger partial charge in [0, 0.05) is 18.3 Å². The van der Waals surface area contributed by atoms with E-state index in [1.165, 1.54) is 0 Å². The van der Waals surface area contributed by atoms with Crippen molar-refractivity contribution < 1.29 is 4.74 Å². The number of nitriles is 1. The molecule has 0 fully saturated rings. The minimum absolute atomic E-state index is 0.351. The summed E-state index contributed by atoms with van der Waals surface area (Å²) in [5, 5.41) is 16.5. The fourth-order valence-corrected chi connectivity index (χ4v) is 2.40. The molecule has 0 spiro atoms. The van der Waals surface area contributed by atoms with Crippen molar-refractivity contribution in [3.63, 3.8) is 0 Å². The van der Waals surface area contributed by atoms with Gasteiger partial charge in [-0.3, -0.25) is 0 Å². The number of benzene rings is 2. The van der Waals surface area contributed by atoms with Gasteiger partial charge < -0.3 is 10.1 Å². The molecule has 0 atom stereocenters. The Bertz CT molecular complexity index is 981. The van der Waals surface area contributed by atoms with Gasteiger partial charge in [0.25, 0.3) is 0 Å². The highest BCUT2D eigenvalue weighted by Gasteiger charge is 2.07. The highest BCUT2D eigenvalue weighted by molar-refractivity contribution is 5.62. The monoisotopic (exact) mass is 359 g/mol. The van der Waals surface area contributed by atoms with Crippen molar-refractivity contribution in [2.75, 3.05) is 0 Å².